The van der Waals surface area contributed by atoms with Gasteiger partial charge in [-0.2, -0.15) is 0 Å². The first-order valence-corrected chi connectivity index (χ1v) is 7.07. The quantitative estimate of drug-likeness (QED) is 0.880. The van der Waals surface area contributed by atoms with E-state index in [0.29, 0.717) is 6.04 Å². The number of nitrogens with zero attached hydrogens (tertiary/aromatic N) is 3. The molecule has 0 aliphatic carbocycles. The maximum Gasteiger partial charge on any atom is 0.131 e. The first-order chi connectivity index (χ1) is 8.88. The van der Waals surface area contributed by atoms with Gasteiger partial charge >= 0.3 is 0 Å². The molecule has 0 amide bonds. The molecule has 0 saturated carbocycles. The Hall–Kier alpha value is -1.29. The third-order valence-corrected chi connectivity index (χ3v) is 4.11. The summed E-state index contributed by atoms with van der Waals surface area (Å²) in [6, 6.07) is 6.86. The van der Waals surface area contributed by atoms with Crippen molar-refractivity contribution in [1.29, 1.82) is 0 Å². The summed E-state index contributed by atoms with van der Waals surface area (Å²) >= 11 is 0. The van der Waals surface area contributed by atoms with Crippen LogP contribution in [0, 0.1) is 0 Å². The van der Waals surface area contributed by atoms with Crippen LogP contribution in [0.1, 0.15) is 25.7 Å². The number of rotatable bonds is 3. The summed E-state index contributed by atoms with van der Waals surface area (Å²) in [4.78, 5) is 9.55. The summed E-state index contributed by atoms with van der Waals surface area (Å²) in [5.74, 6) is 2.23. The molecule has 1 unspecified atom stereocenters. The van der Waals surface area contributed by atoms with Crippen LogP contribution in [-0.2, 0) is 0 Å². The molecule has 2 N–H and O–H groups in total. The minimum atomic E-state index is 0.495. The average molecular weight is 246 g/mol. The molecule has 98 valence electrons. The summed E-state index contributed by atoms with van der Waals surface area (Å²) in [5, 5.41) is 0. The van der Waals surface area contributed by atoms with Crippen molar-refractivity contribution in [2.45, 2.75) is 31.7 Å². The van der Waals surface area contributed by atoms with E-state index >= 15 is 0 Å². The summed E-state index contributed by atoms with van der Waals surface area (Å²) in [6.45, 7) is 4.13. The van der Waals surface area contributed by atoms with Crippen LogP contribution in [0.15, 0.2) is 18.2 Å². The lowest BCUT2D eigenvalue weighted by Crippen LogP contribution is -2.52. The monoisotopic (exact) mass is 246 g/mol. The number of hydrogen-bond donors (Lipinski definition) is 1. The minimum Gasteiger partial charge on any atom is -0.357 e. The SMILES string of the molecule is NCC1CCN1c1cccc(N2CCCCC2)n1. The number of nitrogens with two attached hydrogens (primary N) is 1. The van der Waals surface area contributed by atoms with E-state index < -0.39 is 0 Å². The van der Waals surface area contributed by atoms with Gasteiger partial charge in [0, 0.05) is 32.2 Å². The largest absolute Gasteiger partial charge is 0.357 e. The van der Waals surface area contributed by atoms with Gasteiger partial charge in [-0.15, -0.1) is 0 Å². The molecule has 18 heavy (non-hydrogen) atoms. The van der Waals surface area contributed by atoms with Gasteiger partial charge in [0.15, 0.2) is 0 Å². The lowest BCUT2D eigenvalue weighted by Gasteiger charge is -2.41. The lowest BCUT2D eigenvalue weighted by atomic mass is 10.0. The summed E-state index contributed by atoms with van der Waals surface area (Å²) in [6.07, 6.45) is 5.14. The van der Waals surface area contributed by atoms with Crippen molar-refractivity contribution in [2.24, 2.45) is 5.73 Å². The summed E-state index contributed by atoms with van der Waals surface area (Å²) in [7, 11) is 0. The molecule has 0 bridgehead atoms. The molecule has 4 heteroatoms. The molecule has 3 heterocycles. The van der Waals surface area contributed by atoms with Crippen molar-refractivity contribution in [3.8, 4) is 0 Å². The molecule has 2 aliphatic heterocycles. The Labute approximate surface area is 109 Å². The zero-order chi connectivity index (χ0) is 12.4. The molecule has 0 radical (unpaired) electrons. The maximum absolute atomic E-state index is 5.76. The molecule has 4 nitrogen and oxygen atoms in total. The van der Waals surface area contributed by atoms with Crippen molar-refractivity contribution in [3.63, 3.8) is 0 Å². The van der Waals surface area contributed by atoms with E-state index in [9.17, 15) is 0 Å². The van der Waals surface area contributed by atoms with Gasteiger partial charge < -0.3 is 15.5 Å². The minimum absolute atomic E-state index is 0.495. The van der Waals surface area contributed by atoms with Crippen LogP contribution < -0.4 is 15.5 Å². The third-order valence-electron chi connectivity index (χ3n) is 4.11. The number of aromatic nitrogens is 1. The molecule has 2 fully saturated rings. The molecule has 0 spiro atoms. The van der Waals surface area contributed by atoms with Crippen molar-refractivity contribution in [1.82, 2.24) is 4.98 Å². The highest BCUT2D eigenvalue weighted by Crippen LogP contribution is 2.26. The van der Waals surface area contributed by atoms with Crippen LogP contribution in [0.2, 0.25) is 0 Å². The van der Waals surface area contributed by atoms with Gasteiger partial charge in [-0.3, -0.25) is 0 Å². The Kier molecular flexibility index (Phi) is 3.37. The third kappa shape index (κ3) is 2.17. The fourth-order valence-electron chi connectivity index (χ4n) is 2.86. The summed E-state index contributed by atoms with van der Waals surface area (Å²) < 4.78 is 0. The van der Waals surface area contributed by atoms with Crippen LogP contribution in [0.25, 0.3) is 0 Å². The van der Waals surface area contributed by atoms with Gasteiger partial charge in [-0.05, 0) is 37.8 Å². The number of anilines is 2. The Bertz CT molecular complexity index is 381. The molecule has 1 aromatic heterocycles. The molecular formula is C14H22N4. The Morgan fingerprint density at radius 1 is 1.11 bits per heavy atom. The second kappa shape index (κ2) is 5.14. The van der Waals surface area contributed by atoms with Gasteiger partial charge in [0.25, 0.3) is 0 Å². The molecular weight excluding hydrogens is 224 g/mol. The predicted molar refractivity (Wildman–Crippen MR) is 75.1 cm³/mol. The topological polar surface area (TPSA) is 45.4 Å². The van der Waals surface area contributed by atoms with Gasteiger partial charge in [0.05, 0.1) is 0 Å². The van der Waals surface area contributed by atoms with Crippen molar-refractivity contribution >= 4 is 11.6 Å². The van der Waals surface area contributed by atoms with Gasteiger partial charge in [0.2, 0.25) is 0 Å². The first kappa shape index (κ1) is 11.8. The van der Waals surface area contributed by atoms with Crippen molar-refractivity contribution in [3.05, 3.63) is 18.2 Å². The van der Waals surface area contributed by atoms with E-state index in [1.54, 1.807) is 0 Å². The highest BCUT2D eigenvalue weighted by atomic mass is 15.3. The Morgan fingerprint density at radius 3 is 2.56 bits per heavy atom. The standard InChI is InChI=1S/C14H22N4/c15-11-12-7-10-18(12)14-6-4-5-13(16-14)17-8-2-1-3-9-17/h4-6,12H,1-3,7-11,15H2. The molecule has 0 aromatic carbocycles. The normalized spacial score (nSPS) is 23.9. The molecule has 2 aliphatic rings. The van der Waals surface area contributed by atoms with E-state index in [1.165, 1.54) is 25.7 Å². The second-order valence-corrected chi connectivity index (χ2v) is 5.27. The van der Waals surface area contributed by atoms with Gasteiger partial charge in [-0.25, -0.2) is 4.98 Å². The van der Waals surface area contributed by atoms with Crippen LogP contribution in [0.4, 0.5) is 11.6 Å². The fraction of sp³-hybridized carbons (Fsp3) is 0.643. The van der Waals surface area contributed by atoms with Crippen LogP contribution >= 0.6 is 0 Å². The molecule has 3 rings (SSSR count). The molecule has 1 atom stereocenters. The van der Waals surface area contributed by atoms with Crippen LogP contribution in [0.3, 0.4) is 0 Å². The predicted octanol–water partition coefficient (Wildman–Crippen LogP) is 1.61. The van der Waals surface area contributed by atoms with Crippen molar-refractivity contribution in [2.75, 3.05) is 36.0 Å². The molecule has 1 aromatic rings. The van der Waals surface area contributed by atoms with Gasteiger partial charge in [0.1, 0.15) is 11.6 Å². The number of pyridine rings is 1. The van der Waals surface area contributed by atoms with Gasteiger partial charge in [-0.1, -0.05) is 6.07 Å². The lowest BCUT2D eigenvalue weighted by molar-refractivity contribution is 0.451. The zero-order valence-corrected chi connectivity index (χ0v) is 10.9. The highest BCUT2D eigenvalue weighted by molar-refractivity contribution is 5.51. The van der Waals surface area contributed by atoms with E-state index in [0.717, 1.165) is 37.8 Å². The highest BCUT2D eigenvalue weighted by Gasteiger charge is 2.28. The van der Waals surface area contributed by atoms with E-state index in [2.05, 4.69) is 28.0 Å². The fourth-order valence-corrected chi connectivity index (χ4v) is 2.86. The number of piperidine rings is 1. The zero-order valence-electron chi connectivity index (χ0n) is 10.9. The number of hydrogen-bond acceptors (Lipinski definition) is 4. The van der Waals surface area contributed by atoms with E-state index in [-0.39, 0.29) is 0 Å². The Balaban J connectivity index is 1.76. The van der Waals surface area contributed by atoms with E-state index in [1.807, 2.05) is 0 Å². The second-order valence-electron chi connectivity index (χ2n) is 5.27. The van der Waals surface area contributed by atoms with Crippen LogP contribution in [-0.4, -0.2) is 37.2 Å². The van der Waals surface area contributed by atoms with E-state index in [4.69, 9.17) is 10.7 Å². The average Bonchev–Trinajstić information content (AvgIpc) is 2.39. The maximum atomic E-state index is 5.76. The van der Waals surface area contributed by atoms with Crippen LogP contribution in [0.5, 0.6) is 0 Å². The summed E-state index contributed by atoms with van der Waals surface area (Å²) in [5.41, 5.74) is 5.76. The van der Waals surface area contributed by atoms with Crippen molar-refractivity contribution < 1.29 is 0 Å². The molecule has 2 saturated heterocycles. The Morgan fingerprint density at radius 2 is 1.89 bits per heavy atom. The smallest absolute Gasteiger partial charge is 0.131 e. The first-order valence-electron chi connectivity index (χ1n) is 7.07.